The number of H-pyrrole nitrogens is 1. The molecule has 6 nitrogen and oxygen atoms in total. The van der Waals surface area contributed by atoms with Crippen molar-refractivity contribution in [2.45, 2.75) is 0 Å². The molecule has 6 heteroatoms. The van der Waals surface area contributed by atoms with E-state index < -0.39 is 5.91 Å². The van der Waals surface area contributed by atoms with Gasteiger partial charge in [-0.1, -0.05) is 24.3 Å². The second-order valence-electron chi connectivity index (χ2n) is 5.10. The van der Waals surface area contributed by atoms with Crippen LogP contribution in [0.5, 0.6) is 5.75 Å². The number of rotatable bonds is 5. The van der Waals surface area contributed by atoms with Crippen molar-refractivity contribution in [2.24, 2.45) is 5.73 Å². The van der Waals surface area contributed by atoms with Crippen LogP contribution in [0.15, 0.2) is 48.5 Å². The molecule has 3 N–H and O–H groups in total. The third kappa shape index (κ3) is 3.42. The molecule has 0 atom stereocenters. The number of nitriles is 1. The number of aromatic amines is 1. The Hall–Kier alpha value is -3.59. The predicted molar refractivity (Wildman–Crippen MR) is 90.7 cm³/mol. The summed E-state index contributed by atoms with van der Waals surface area (Å²) in [5.74, 6) is 0.525. The van der Waals surface area contributed by atoms with Gasteiger partial charge in [0, 0.05) is 0 Å². The number of hydrogen-bond acceptors (Lipinski definition) is 4. The first kappa shape index (κ1) is 15.3. The van der Waals surface area contributed by atoms with Gasteiger partial charge in [0.05, 0.1) is 16.6 Å². The molecular weight excluding hydrogens is 304 g/mol. The molecule has 0 unspecified atom stereocenters. The molecule has 1 aromatic heterocycles. The summed E-state index contributed by atoms with van der Waals surface area (Å²) in [5, 5.41) is 9.41. The van der Waals surface area contributed by atoms with Crippen LogP contribution in [0.25, 0.3) is 22.7 Å². The predicted octanol–water partition coefficient (Wildman–Crippen LogP) is 2.49. The molecule has 0 bridgehead atoms. The molecule has 0 saturated heterocycles. The average Bonchev–Trinajstić information content (AvgIpc) is 3.02. The maximum Gasteiger partial charge on any atom is 0.255 e. The summed E-state index contributed by atoms with van der Waals surface area (Å²) in [6.45, 7) is -0.169. The largest absolute Gasteiger partial charge is 0.484 e. The van der Waals surface area contributed by atoms with Crippen LogP contribution in [0.1, 0.15) is 11.4 Å². The SMILES string of the molecule is N#C/C(=C\c1ccc(OCC(N)=O)cc1)c1nc2ccccc2[nH]1. The van der Waals surface area contributed by atoms with E-state index in [1.165, 1.54) is 0 Å². The number of ether oxygens (including phenoxy) is 1. The number of carbonyl (C=O) groups is 1. The zero-order valence-electron chi connectivity index (χ0n) is 12.7. The number of primary amides is 1. The summed E-state index contributed by atoms with van der Waals surface area (Å²) >= 11 is 0. The van der Waals surface area contributed by atoms with Crippen LogP contribution < -0.4 is 10.5 Å². The Morgan fingerprint density at radius 2 is 2.00 bits per heavy atom. The van der Waals surface area contributed by atoms with Gasteiger partial charge in [-0.15, -0.1) is 0 Å². The van der Waals surface area contributed by atoms with Crippen LogP contribution in [0.3, 0.4) is 0 Å². The van der Waals surface area contributed by atoms with E-state index in [-0.39, 0.29) is 6.61 Å². The molecule has 0 spiro atoms. The van der Waals surface area contributed by atoms with Crippen molar-refractivity contribution in [2.75, 3.05) is 6.61 Å². The fourth-order valence-corrected chi connectivity index (χ4v) is 2.22. The first-order valence-electron chi connectivity index (χ1n) is 7.24. The lowest BCUT2D eigenvalue weighted by Gasteiger charge is -2.03. The van der Waals surface area contributed by atoms with Gasteiger partial charge in [0.1, 0.15) is 17.6 Å². The molecule has 0 fully saturated rings. The third-order valence-electron chi connectivity index (χ3n) is 3.34. The van der Waals surface area contributed by atoms with Gasteiger partial charge >= 0.3 is 0 Å². The first-order chi connectivity index (χ1) is 11.7. The topological polar surface area (TPSA) is 105 Å². The molecule has 1 amide bonds. The quantitative estimate of drug-likeness (QED) is 0.705. The molecule has 2 aromatic carbocycles. The number of aromatic nitrogens is 2. The Labute approximate surface area is 138 Å². The fourth-order valence-electron chi connectivity index (χ4n) is 2.22. The van der Waals surface area contributed by atoms with Gasteiger partial charge in [0.25, 0.3) is 5.91 Å². The minimum absolute atomic E-state index is 0.169. The van der Waals surface area contributed by atoms with E-state index in [0.29, 0.717) is 17.1 Å². The Balaban J connectivity index is 1.85. The summed E-state index contributed by atoms with van der Waals surface area (Å²) in [5.41, 5.74) is 7.96. The number of imidazole rings is 1. The van der Waals surface area contributed by atoms with Gasteiger partial charge in [0.2, 0.25) is 0 Å². The second-order valence-corrected chi connectivity index (χ2v) is 5.10. The van der Waals surface area contributed by atoms with Gasteiger partial charge < -0.3 is 15.5 Å². The number of fused-ring (bicyclic) bond motifs is 1. The second kappa shape index (κ2) is 6.67. The van der Waals surface area contributed by atoms with Crippen molar-refractivity contribution in [3.63, 3.8) is 0 Å². The summed E-state index contributed by atoms with van der Waals surface area (Å²) < 4.78 is 5.20. The fraction of sp³-hybridized carbons (Fsp3) is 0.0556. The van der Waals surface area contributed by atoms with Gasteiger partial charge in [-0.25, -0.2) is 4.98 Å². The Bertz CT molecular complexity index is 916. The number of carbonyl (C=O) groups excluding carboxylic acids is 1. The van der Waals surface area contributed by atoms with E-state index in [1.807, 2.05) is 24.3 Å². The lowest BCUT2D eigenvalue weighted by atomic mass is 10.1. The van der Waals surface area contributed by atoms with Crippen molar-refractivity contribution in [1.82, 2.24) is 9.97 Å². The van der Waals surface area contributed by atoms with E-state index in [4.69, 9.17) is 10.5 Å². The lowest BCUT2D eigenvalue weighted by Crippen LogP contribution is -2.19. The highest BCUT2D eigenvalue weighted by molar-refractivity contribution is 5.90. The van der Waals surface area contributed by atoms with Crippen LogP contribution in [0.4, 0.5) is 0 Å². The van der Waals surface area contributed by atoms with Crippen LogP contribution in [0.2, 0.25) is 0 Å². The monoisotopic (exact) mass is 318 g/mol. The standard InChI is InChI=1S/C18H14N4O2/c19-10-13(18-21-15-3-1-2-4-16(15)22-18)9-12-5-7-14(8-6-12)24-11-17(20)23/h1-9H,11H2,(H2,20,23)(H,21,22)/b13-9+. The summed E-state index contributed by atoms with van der Waals surface area (Å²) in [4.78, 5) is 18.3. The highest BCUT2D eigenvalue weighted by Crippen LogP contribution is 2.20. The summed E-state index contributed by atoms with van der Waals surface area (Å²) in [6, 6.07) is 16.8. The third-order valence-corrected chi connectivity index (χ3v) is 3.34. The highest BCUT2D eigenvalue weighted by atomic mass is 16.5. The summed E-state index contributed by atoms with van der Waals surface area (Å²) in [6.07, 6.45) is 1.73. The molecule has 0 saturated carbocycles. The van der Waals surface area contributed by atoms with E-state index >= 15 is 0 Å². The molecule has 0 aliphatic rings. The number of nitrogens with zero attached hydrogens (tertiary/aromatic N) is 2. The minimum Gasteiger partial charge on any atom is -0.484 e. The Morgan fingerprint density at radius 1 is 1.25 bits per heavy atom. The Morgan fingerprint density at radius 3 is 2.67 bits per heavy atom. The van der Waals surface area contributed by atoms with Crippen molar-refractivity contribution in [1.29, 1.82) is 5.26 Å². The van der Waals surface area contributed by atoms with Crippen molar-refractivity contribution < 1.29 is 9.53 Å². The number of benzene rings is 2. The molecule has 0 aliphatic heterocycles. The number of hydrogen-bond donors (Lipinski definition) is 2. The molecular formula is C18H14N4O2. The van der Waals surface area contributed by atoms with Crippen molar-refractivity contribution in [3.05, 3.63) is 59.9 Å². The van der Waals surface area contributed by atoms with E-state index in [9.17, 15) is 10.1 Å². The number of nitrogens with one attached hydrogen (secondary N) is 1. The van der Waals surface area contributed by atoms with Crippen molar-refractivity contribution in [3.8, 4) is 11.8 Å². The first-order valence-corrected chi connectivity index (χ1v) is 7.24. The normalized spacial score (nSPS) is 11.2. The molecule has 24 heavy (non-hydrogen) atoms. The zero-order valence-corrected chi connectivity index (χ0v) is 12.7. The number of para-hydroxylation sites is 2. The van der Waals surface area contributed by atoms with Crippen LogP contribution >= 0.6 is 0 Å². The van der Waals surface area contributed by atoms with Crippen LogP contribution in [-0.2, 0) is 4.79 Å². The van der Waals surface area contributed by atoms with E-state index in [2.05, 4.69) is 16.0 Å². The smallest absolute Gasteiger partial charge is 0.255 e. The molecule has 118 valence electrons. The van der Waals surface area contributed by atoms with Crippen molar-refractivity contribution >= 4 is 28.6 Å². The van der Waals surface area contributed by atoms with E-state index in [1.54, 1.807) is 30.3 Å². The highest BCUT2D eigenvalue weighted by Gasteiger charge is 2.07. The number of amides is 1. The lowest BCUT2D eigenvalue weighted by molar-refractivity contribution is -0.119. The molecule has 3 rings (SSSR count). The minimum atomic E-state index is -0.532. The molecule has 0 radical (unpaired) electrons. The molecule has 3 aromatic rings. The summed E-state index contributed by atoms with van der Waals surface area (Å²) in [7, 11) is 0. The number of nitrogens with two attached hydrogens (primary N) is 1. The average molecular weight is 318 g/mol. The molecule has 0 aliphatic carbocycles. The zero-order chi connectivity index (χ0) is 16.9. The number of allylic oxidation sites excluding steroid dienone is 1. The van der Waals surface area contributed by atoms with Gasteiger partial charge in [0.15, 0.2) is 6.61 Å². The molecule has 1 heterocycles. The van der Waals surface area contributed by atoms with Crippen LogP contribution in [0, 0.1) is 11.3 Å². The van der Waals surface area contributed by atoms with E-state index in [0.717, 1.165) is 16.6 Å². The maximum atomic E-state index is 10.7. The van der Waals surface area contributed by atoms with Gasteiger partial charge in [-0.2, -0.15) is 5.26 Å². The Kier molecular flexibility index (Phi) is 4.25. The van der Waals surface area contributed by atoms with Gasteiger partial charge in [-0.3, -0.25) is 4.79 Å². The van der Waals surface area contributed by atoms with Crippen LogP contribution in [-0.4, -0.2) is 22.5 Å². The maximum absolute atomic E-state index is 10.7. The van der Waals surface area contributed by atoms with Gasteiger partial charge in [-0.05, 0) is 35.9 Å².